The first-order chi connectivity index (χ1) is 14.8. The van der Waals surface area contributed by atoms with E-state index in [2.05, 4.69) is 32.3 Å². The summed E-state index contributed by atoms with van der Waals surface area (Å²) in [6.45, 7) is 3.70. The Bertz CT molecular complexity index is 1330. The van der Waals surface area contributed by atoms with Crippen LogP contribution < -0.4 is 0 Å². The van der Waals surface area contributed by atoms with Crippen LogP contribution in [-0.2, 0) is 26.5 Å². The molecule has 4 aromatic rings. The summed E-state index contributed by atoms with van der Waals surface area (Å²) in [6, 6.07) is 15.1. The quantitative estimate of drug-likeness (QED) is 0.258. The van der Waals surface area contributed by atoms with Crippen LogP contribution in [0.4, 0.5) is 13.2 Å². The van der Waals surface area contributed by atoms with Crippen molar-refractivity contribution in [3.05, 3.63) is 89.8 Å². The maximum absolute atomic E-state index is 14.3. The largest absolute Gasteiger partial charge is 2.00 e. The Hall–Kier alpha value is -3.37. The first-order valence-electron chi connectivity index (χ1n) is 9.07. The molecule has 4 aromatic heterocycles. The standard InChI is InChI=1S/C22H13F3N6.Pt/c1-22(2,16-6-3-5-14(28-16)13-9-10-18(23)30-20(13)24)17-7-4-8-19(29-17)31-12-27-15(11-26)21(31)25;/h3-8,10H,1-2H3;/q-2;+2. The van der Waals surface area contributed by atoms with E-state index in [0.717, 1.165) is 10.6 Å². The molecular weight excluding hydrogens is 600 g/mol. The van der Waals surface area contributed by atoms with Gasteiger partial charge in [0, 0.05) is 23.1 Å². The minimum Gasteiger partial charge on any atom is -0.388 e. The van der Waals surface area contributed by atoms with Crippen molar-refractivity contribution in [2.24, 2.45) is 0 Å². The van der Waals surface area contributed by atoms with Gasteiger partial charge in [-0.15, -0.1) is 6.07 Å². The monoisotopic (exact) mass is 613 g/mol. The second-order valence-corrected chi connectivity index (χ2v) is 7.10. The average molecular weight is 613 g/mol. The van der Waals surface area contributed by atoms with Gasteiger partial charge in [0.15, 0.2) is 0 Å². The molecule has 4 rings (SSSR count). The Labute approximate surface area is 196 Å². The Kier molecular flexibility index (Phi) is 6.56. The van der Waals surface area contributed by atoms with Crippen molar-refractivity contribution in [3.8, 4) is 23.1 Å². The third-order valence-electron chi connectivity index (χ3n) is 4.76. The van der Waals surface area contributed by atoms with E-state index in [0.29, 0.717) is 11.4 Å². The Morgan fingerprint density at radius 1 is 1.00 bits per heavy atom. The molecule has 0 aliphatic heterocycles. The number of hydrogen-bond donors (Lipinski definition) is 0. The SMILES string of the molecule is CC(C)(c1cccc(-c2[c-]cc(F)nc2F)n1)c1cccc(-n2[c-]nc(C#N)c2F)n1.[Pt+2]. The molecule has 6 nitrogen and oxygen atoms in total. The predicted molar refractivity (Wildman–Crippen MR) is 103 cm³/mol. The normalized spacial score (nSPS) is 11.0. The summed E-state index contributed by atoms with van der Waals surface area (Å²) in [5.74, 6) is -2.65. The van der Waals surface area contributed by atoms with E-state index in [1.54, 1.807) is 42.5 Å². The first kappa shape index (κ1) is 23.3. The summed E-state index contributed by atoms with van der Waals surface area (Å²) >= 11 is 0. The first-order valence-corrected chi connectivity index (χ1v) is 9.07. The molecule has 0 saturated carbocycles. The average Bonchev–Trinajstić information content (AvgIpc) is 3.14. The van der Waals surface area contributed by atoms with E-state index >= 15 is 0 Å². The Morgan fingerprint density at radius 2 is 1.69 bits per heavy atom. The van der Waals surface area contributed by atoms with Gasteiger partial charge in [-0.05, 0) is 31.7 Å². The molecule has 162 valence electrons. The molecule has 0 aromatic carbocycles. The zero-order valence-corrected chi connectivity index (χ0v) is 18.9. The van der Waals surface area contributed by atoms with Gasteiger partial charge in [-0.1, -0.05) is 35.9 Å². The van der Waals surface area contributed by atoms with Crippen LogP contribution in [0.1, 0.15) is 30.9 Å². The van der Waals surface area contributed by atoms with Crippen LogP contribution in [0.15, 0.2) is 42.5 Å². The van der Waals surface area contributed by atoms with E-state index in [1.807, 2.05) is 13.8 Å². The van der Waals surface area contributed by atoms with E-state index in [4.69, 9.17) is 5.26 Å². The molecule has 10 heteroatoms. The third-order valence-corrected chi connectivity index (χ3v) is 4.76. The van der Waals surface area contributed by atoms with Crippen molar-refractivity contribution < 1.29 is 34.2 Å². The van der Waals surface area contributed by atoms with Gasteiger partial charge in [0.2, 0.25) is 0 Å². The van der Waals surface area contributed by atoms with Gasteiger partial charge in [-0.3, -0.25) is 14.4 Å². The van der Waals surface area contributed by atoms with Gasteiger partial charge in [-0.2, -0.15) is 0 Å². The second-order valence-electron chi connectivity index (χ2n) is 7.10. The maximum atomic E-state index is 14.3. The molecule has 0 saturated heterocycles. The number of halogens is 3. The van der Waals surface area contributed by atoms with Crippen molar-refractivity contribution in [1.82, 2.24) is 24.5 Å². The molecule has 0 radical (unpaired) electrons. The molecule has 0 aliphatic carbocycles. The van der Waals surface area contributed by atoms with E-state index in [-0.39, 0.29) is 43.8 Å². The number of aromatic nitrogens is 5. The molecule has 32 heavy (non-hydrogen) atoms. The summed E-state index contributed by atoms with van der Waals surface area (Å²) in [7, 11) is 0. The second kappa shape index (κ2) is 9.01. The van der Waals surface area contributed by atoms with Crippen LogP contribution >= 0.6 is 0 Å². The number of imidazole rings is 1. The molecule has 0 unspecified atom stereocenters. The van der Waals surface area contributed by atoms with Crippen molar-refractivity contribution in [1.29, 1.82) is 5.26 Å². The molecule has 0 N–H and O–H groups in total. The summed E-state index contributed by atoms with van der Waals surface area (Å²) < 4.78 is 42.5. The smallest absolute Gasteiger partial charge is 0.388 e. The number of nitriles is 1. The van der Waals surface area contributed by atoms with Crippen molar-refractivity contribution in [3.63, 3.8) is 0 Å². The Morgan fingerprint density at radius 3 is 2.34 bits per heavy atom. The fourth-order valence-corrected chi connectivity index (χ4v) is 3.02. The summed E-state index contributed by atoms with van der Waals surface area (Å²) in [4.78, 5) is 15.8. The summed E-state index contributed by atoms with van der Waals surface area (Å²) in [6.07, 6.45) is 2.41. The van der Waals surface area contributed by atoms with E-state index in [1.165, 1.54) is 0 Å². The van der Waals surface area contributed by atoms with E-state index in [9.17, 15) is 13.2 Å². The summed E-state index contributed by atoms with van der Waals surface area (Å²) in [5, 5.41) is 8.90. The van der Waals surface area contributed by atoms with E-state index < -0.39 is 23.3 Å². The predicted octanol–water partition coefficient (Wildman–Crippen LogP) is 3.94. The number of pyridine rings is 3. The molecule has 0 atom stereocenters. The minimum absolute atomic E-state index is 0. The molecule has 0 spiro atoms. The van der Waals surface area contributed by atoms with Crippen molar-refractivity contribution in [2.75, 3.05) is 0 Å². The molecule has 0 aliphatic rings. The number of nitrogens with zero attached hydrogens (tertiary/aromatic N) is 6. The van der Waals surface area contributed by atoms with Crippen LogP contribution in [0.3, 0.4) is 0 Å². The van der Waals surface area contributed by atoms with Gasteiger partial charge in [0.25, 0.3) is 0 Å². The number of hydrogen-bond acceptors (Lipinski definition) is 5. The number of rotatable bonds is 4. The topological polar surface area (TPSA) is 80.3 Å². The van der Waals surface area contributed by atoms with Gasteiger partial charge in [0.05, 0.1) is 17.6 Å². The van der Waals surface area contributed by atoms with Crippen molar-refractivity contribution in [2.45, 2.75) is 19.3 Å². The van der Waals surface area contributed by atoms with Gasteiger partial charge in [-0.25, -0.2) is 14.0 Å². The van der Waals surface area contributed by atoms with Crippen molar-refractivity contribution >= 4 is 0 Å². The van der Waals surface area contributed by atoms with Crippen LogP contribution in [0, 0.1) is 41.6 Å². The van der Waals surface area contributed by atoms with Gasteiger partial charge >= 0.3 is 21.1 Å². The molecule has 0 amide bonds. The van der Waals surface area contributed by atoms with Gasteiger partial charge in [0.1, 0.15) is 17.8 Å². The molecule has 0 bridgehead atoms. The fourth-order valence-electron chi connectivity index (χ4n) is 3.02. The molecule has 0 fully saturated rings. The minimum atomic E-state index is -1.01. The summed E-state index contributed by atoms with van der Waals surface area (Å²) in [5.41, 5.74) is 0.104. The molecule has 4 heterocycles. The maximum Gasteiger partial charge on any atom is 2.00 e. The third kappa shape index (κ3) is 4.19. The van der Waals surface area contributed by atoms with Crippen LogP contribution in [0.25, 0.3) is 17.1 Å². The van der Waals surface area contributed by atoms with Crippen LogP contribution in [0.2, 0.25) is 0 Å². The molecular formula is C22H13F3N6Pt. The van der Waals surface area contributed by atoms with Crippen LogP contribution in [0.5, 0.6) is 0 Å². The zero-order valence-electron chi connectivity index (χ0n) is 16.7. The van der Waals surface area contributed by atoms with Gasteiger partial charge < -0.3 is 14.5 Å². The Balaban J connectivity index is 0.00000289. The fraction of sp³-hybridized carbons (Fsp3) is 0.136. The zero-order chi connectivity index (χ0) is 22.2. The van der Waals surface area contributed by atoms with Crippen LogP contribution in [-0.4, -0.2) is 24.5 Å².